The summed E-state index contributed by atoms with van der Waals surface area (Å²) in [7, 11) is 1.64. The van der Waals surface area contributed by atoms with Gasteiger partial charge in [0.15, 0.2) is 0 Å². The molecule has 116 valence electrons. The topological polar surface area (TPSA) is 69.6 Å². The molecule has 0 aliphatic heterocycles. The molecule has 1 aromatic carbocycles. The number of carboxylic acid groups (broad SMARTS) is 1. The van der Waals surface area contributed by atoms with Gasteiger partial charge < -0.3 is 15.3 Å². The third kappa shape index (κ3) is 6.39. The lowest BCUT2D eigenvalue weighted by atomic mass is 10.2. The average Bonchev–Trinajstić information content (AvgIpc) is 2.45. The maximum atomic E-state index is 12.0. The van der Waals surface area contributed by atoms with Gasteiger partial charge in [-0.3, -0.25) is 0 Å². The molecular weight excluding hydrogens is 356 g/mol. The van der Waals surface area contributed by atoms with Crippen molar-refractivity contribution in [2.75, 3.05) is 19.1 Å². The molecule has 0 bridgehead atoms. The zero-order valence-corrected chi connectivity index (χ0v) is 14.4. The third-order valence-electron chi connectivity index (χ3n) is 2.89. The summed E-state index contributed by atoms with van der Waals surface area (Å²) in [6.07, 6.45) is 2.31. The number of aliphatic carboxylic acids is 1. The van der Waals surface area contributed by atoms with Crippen LogP contribution in [0.25, 0.3) is 0 Å². The van der Waals surface area contributed by atoms with Crippen molar-refractivity contribution in [3.05, 3.63) is 34.3 Å². The molecule has 0 spiro atoms. The van der Waals surface area contributed by atoms with E-state index in [2.05, 4.69) is 21.2 Å². The van der Waals surface area contributed by atoms with E-state index in [1.54, 1.807) is 18.8 Å². The monoisotopic (exact) mass is 374 g/mol. The molecule has 1 aromatic rings. The Bertz CT molecular complexity index is 482. The van der Waals surface area contributed by atoms with E-state index in [0.29, 0.717) is 18.7 Å². The number of thioether (sulfide) groups is 1. The fourth-order valence-electron chi connectivity index (χ4n) is 1.69. The number of hydrogen-bond donors (Lipinski definition) is 2. The lowest BCUT2D eigenvalue weighted by molar-refractivity contribution is -0.139. The van der Waals surface area contributed by atoms with Crippen molar-refractivity contribution >= 4 is 39.7 Å². The highest BCUT2D eigenvalue weighted by Gasteiger charge is 2.21. The Kier molecular flexibility index (Phi) is 7.60. The second-order valence-corrected chi connectivity index (χ2v) is 6.51. The average molecular weight is 375 g/mol. The van der Waals surface area contributed by atoms with Gasteiger partial charge in [0.05, 0.1) is 0 Å². The molecule has 0 radical (unpaired) electrons. The SMILES string of the molecule is CSCC[C@H](NC(=O)N(C)Cc1ccc(Br)cc1)C(=O)O. The van der Waals surface area contributed by atoms with Crippen molar-refractivity contribution < 1.29 is 14.7 Å². The molecule has 7 heteroatoms. The fourth-order valence-corrected chi connectivity index (χ4v) is 2.42. The van der Waals surface area contributed by atoms with Gasteiger partial charge >= 0.3 is 12.0 Å². The van der Waals surface area contributed by atoms with Crippen LogP contribution in [0.5, 0.6) is 0 Å². The smallest absolute Gasteiger partial charge is 0.326 e. The van der Waals surface area contributed by atoms with Crippen molar-refractivity contribution in [2.24, 2.45) is 0 Å². The minimum absolute atomic E-state index is 0.383. The largest absolute Gasteiger partial charge is 0.480 e. The number of carboxylic acids is 1. The molecular formula is C14H19BrN2O3S. The van der Waals surface area contributed by atoms with Gasteiger partial charge in [-0.1, -0.05) is 28.1 Å². The van der Waals surface area contributed by atoms with Crippen LogP contribution in [0, 0.1) is 0 Å². The maximum absolute atomic E-state index is 12.0. The predicted octanol–water partition coefficient (Wildman–Crippen LogP) is 2.80. The first-order valence-electron chi connectivity index (χ1n) is 6.42. The molecule has 0 heterocycles. The summed E-state index contributed by atoms with van der Waals surface area (Å²) < 4.78 is 0.973. The van der Waals surface area contributed by atoms with Crippen molar-refractivity contribution in [3.63, 3.8) is 0 Å². The van der Waals surface area contributed by atoms with E-state index in [-0.39, 0.29) is 6.03 Å². The Morgan fingerprint density at radius 2 is 2.00 bits per heavy atom. The fraction of sp³-hybridized carbons (Fsp3) is 0.429. The maximum Gasteiger partial charge on any atom is 0.326 e. The van der Waals surface area contributed by atoms with Gasteiger partial charge in [0.25, 0.3) is 0 Å². The summed E-state index contributed by atoms with van der Waals surface area (Å²) in [4.78, 5) is 24.6. The summed E-state index contributed by atoms with van der Waals surface area (Å²) in [6, 6.07) is 6.40. The number of carbonyl (C=O) groups excluding carboxylic acids is 1. The van der Waals surface area contributed by atoms with Crippen LogP contribution in [-0.4, -0.2) is 47.1 Å². The van der Waals surface area contributed by atoms with E-state index in [1.165, 1.54) is 4.90 Å². The molecule has 1 rings (SSSR count). The number of hydrogen-bond acceptors (Lipinski definition) is 3. The molecule has 21 heavy (non-hydrogen) atoms. The highest BCUT2D eigenvalue weighted by Crippen LogP contribution is 2.12. The van der Waals surface area contributed by atoms with Gasteiger partial charge in [-0.05, 0) is 36.1 Å². The molecule has 0 unspecified atom stereocenters. The third-order valence-corrected chi connectivity index (χ3v) is 4.06. The number of nitrogens with zero attached hydrogens (tertiary/aromatic N) is 1. The van der Waals surface area contributed by atoms with Crippen LogP contribution in [0.4, 0.5) is 4.79 Å². The van der Waals surface area contributed by atoms with Gasteiger partial charge in [-0.15, -0.1) is 0 Å². The molecule has 0 aromatic heterocycles. The number of benzene rings is 1. The Labute approximate surface area is 137 Å². The van der Waals surface area contributed by atoms with Gasteiger partial charge in [-0.25, -0.2) is 9.59 Å². The molecule has 2 amide bonds. The molecule has 0 aliphatic carbocycles. The zero-order valence-electron chi connectivity index (χ0n) is 12.0. The van der Waals surface area contributed by atoms with E-state index >= 15 is 0 Å². The summed E-state index contributed by atoms with van der Waals surface area (Å²) in [5.74, 6) is -0.317. The normalized spacial score (nSPS) is 11.8. The highest BCUT2D eigenvalue weighted by molar-refractivity contribution is 9.10. The molecule has 0 saturated heterocycles. The van der Waals surface area contributed by atoms with Crippen LogP contribution in [0.1, 0.15) is 12.0 Å². The number of amides is 2. The molecule has 0 saturated carbocycles. The van der Waals surface area contributed by atoms with E-state index in [4.69, 9.17) is 5.11 Å². The van der Waals surface area contributed by atoms with Crippen LogP contribution in [0.3, 0.4) is 0 Å². The Balaban J connectivity index is 2.56. The first-order chi connectivity index (χ1) is 9.93. The van der Waals surface area contributed by atoms with Crippen LogP contribution in [0.2, 0.25) is 0 Å². The number of nitrogens with one attached hydrogen (secondary N) is 1. The number of halogens is 1. The Morgan fingerprint density at radius 1 is 1.38 bits per heavy atom. The predicted molar refractivity (Wildman–Crippen MR) is 88.6 cm³/mol. The summed E-state index contributed by atoms with van der Waals surface area (Å²) >= 11 is 4.91. The number of carbonyl (C=O) groups is 2. The van der Waals surface area contributed by atoms with E-state index in [1.807, 2.05) is 30.5 Å². The molecule has 0 fully saturated rings. The summed E-state index contributed by atoms with van der Waals surface area (Å²) in [5, 5.41) is 11.7. The second kappa shape index (κ2) is 8.94. The van der Waals surface area contributed by atoms with Crippen LogP contribution >= 0.6 is 27.7 Å². The first kappa shape index (κ1) is 17.8. The quantitative estimate of drug-likeness (QED) is 0.769. The molecule has 1 atom stereocenters. The van der Waals surface area contributed by atoms with Crippen molar-refractivity contribution in [3.8, 4) is 0 Å². The van der Waals surface area contributed by atoms with E-state index < -0.39 is 12.0 Å². The van der Waals surface area contributed by atoms with Gasteiger partial charge in [0, 0.05) is 18.1 Å². The van der Waals surface area contributed by atoms with Crippen LogP contribution < -0.4 is 5.32 Å². The lowest BCUT2D eigenvalue weighted by Crippen LogP contribution is -2.46. The van der Waals surface area contributed by atoms with Crippen molar-refractivity contribution in [2.45, 2.75) is 19.0 Å². The van der Waals surface area contributed by atoms with Crippen LogP contribution in [0.15, 0.2) is 28.7 Å². The second-order valence-electron chi connectivity index (χ2n) is 4.60. The first-order valence-corrected chi connectivity index (χ1v) is 8.60. The minimum Gasteiger partial charge on any atom is -0.480 e. The van der Waals surface area contributed by atoms with E-state index in [9.17, 15) is 9.59 Å². The van der Waals surface area contributed by atoms with Gasteiger partial charge in [0.1, 0.15) is 6.04 Å². The lowest BCUT2D eigenvalue weighted by Gasteiger charge is -2.21. The number of urea groups is 1. The summed E-state index contributed by atoms with van der Waals surface area (Å²) in [6.45, 7) is 0.425. The number of rotatable bonds is 7. The van der Waals surface area contributed by atoms with Crippen molar-refractivity contribution in [1.82, 2.24) is 10.2 Å². The molecule has 0 aliphatic rings. The van der Waals surface area contributed by atoms with Crippen molar-refractivity contribution in [1.29, 1.82) is 0 Å². The van der Waals surface area contributed by atoms with Gasteiger partial charge in [-0.2, -0.15) is 11.8 Å². The highest BCUT2D eigenvalue weighted by atomic mass is 79.9. The molecule has 2 N–H and O–H groups in total. The Hall–Kier alpha value is -1.21. The van der Waals surface area contributed by atoms with E-state index in [0.717, 1.165) is 10.0 Å². The van der Waals surface area contributed by atoms with Crippen LogP contribution in [-0.2, 0) is 11.3 Å². The van der Waals surface area contributed by atoms with Gasteiger partial charge in [0.2, 0.25) is 0 Å². The molecule has 5 nitrogen and oxygen atoms in total. The zero-order chi connectivity index (χ0) is 15.8. The minimum atomic E-state index is -1.01. The summed E-state index contributed by atoms with van der Waals surface area (Å²) in [5.41, 5.74) is 0.979. The Morgan fingerprint density at radius 3 is 2.52 bits per heavy atom. The standard InChI is InChI=1S/C14H19BrN2O3S/c1-17(9-10-3-5-11(15)6-4-10)14(20)16-12(13(18)19)7-8-21-2/h3-6,12H,7-9H2,1-2H3,(H,16,20)(H,18,19)/t12-/m0/s1.